The van der Waals surface area contributed by atoms with Crippen LogP contribution in [0.25, 0.3) is 22.8 Å². The first-order valence-corrected chi connectivity index (χ1v) is 8.99. The zero-order valence-electron chi connectivity index (χ0n) is 15.7. The van der Waals surface area contributed by atoms with Crippen LogP contribution in [0.1, 0.15) is 22.5 Å². The second kappa shape index (κ2) is 7.81. The summed E-state index contributed by atoms with van der Waals surface area (Å²) in [5, 5.41) is 0. The number of aryl methyl sites for hydroxylation is 2. The Morgan fingerprint density at radius 2 is 1.00 bits per heavy atom. The summed E-state index contributed by atoms with van der Waals surface area (Å²) in [5.74, 6) is 6.26. The number of pyridine rings is 4. The third-order valence-electron chi connectivity index (χ3n) is 4.18. The molecule has 4 aromatic heterocycles. The summed E-state index contributed by atoms with van der Waals surface area (Å²) in [5.41, 5.74) is 7.05. The van der Waals surface area contributed by atoms with Gasteiger partial charge in [-0.1, -0.05) is 24.0 Å². The second-order valence-electron chi connectivity index (χ2n) is 6.44. The molecule has 0 aliphatic carbocycles. The van der Waals surface area contributed by atoms with Gasteiger partial charge in [0.25, 0.3) is 0 Å². The normalized spacial score (nSPS) is 10.2. The highest BCUT2D eigenvalue weighted by molar-refractivity contribution is 5.57. The average molecular weight is 362 g/mol. The number of hydrogen-bond donors (Lipinski definition) is 0. The van der Waals surface area contributed by atoms with Crippen LogP contribution in [-0.4, -0.2) is 19.9 Å². The van der Waals surface area contributed by atoms with Crippen LogP contribution in [0.3, 0.4) is 0 Å². The van der Waals surface area contributed by atoms with E-state index in [1.54, 1.807) is 12.4 Å². The largest absolute Gasteiger partial charge is 0.253 e. The highest BCUT2D eigenvalue weighted by Gasteiger charge is 2.02. The van der Waals surface area contributed by atoms with E-state index in [4.69, 9.17) is 0 Å². The first-order chi connectivity index (χ1) is 13.7. The fourth-order valence-corrected chi connectivity index (χ4v) is 2.75. The van der Waals surface area contributed by atoms with E-state index in [1.165, 1.54) is 0 Å². The molecular weight excluding hydrogens is 344 g/mol. The fraction of sp³-hybridized carbons (Fsp3) is 0.0833. The zero-order chi connectivity index (χ0) is 19.3. The molecule has 0 radical (unpaired) electrons. The molecule has 4 heteroatoms. The standard InChI is InChI=1S/C24H18N4/c1-17-5-3-7-23(27-17)21-13-11-19(15-25-21)9-10-20-12-14-22(26-16-20)24-8-4-6-18(2)28-24/h3-8,11-16H,1-2H3. The summed E-state index contributed by atoms with van der Waals surface area (Å²) in [4.78, 5) is 17.9. The summed E-state index contributed by atoms with van der Waals surface area (Å²) < 4.78 is 0. The van der Waals surface area contributed by atoms with Crippen molar-refractivity contribution >= 4 is 0 Å². The first kappa shape index (κ1) is 17.6. The van der Waals surface area contributed by atoms with Crippen molar-refractivity contribution in [3.05, 3.63) is 95.6 Å². The Balaban J connectivity index is 1.51. The molecule has 4 aromatic rings. The average Bonchev–Trinajstić information content (AvgIpc) is 2.73. The van der Waals surface area contributed by atoms with Crippen LogP contribution in [-0.2, 0) is 0 Å². The van der Waals surface area contributed by atoms with Gasteiger partial charge >= 0.3 is 0 Å². The van der Waals surface area contributed by atoms with E-state index < -0.39 is 0 Å². The van der Waals surface area contributed by atoms with Gasteiger partial charge in [0, 0.05) is 34.9 Å². The molecular formula is C24H18N4. The Bertz CT molecular complexity index is 1070. The topological polar surface area (TPSA) is 51.6 Å². The van der Waals surface area contributed by atoms with E-state index in [0.29, 0.717) is 0 Å². The van der Waals surface area contributed by atoms with E-state index in [2.05, 4.69) is 31.8 Å². The Hall–Kier alpha value is -3.84. The summed E-state index contributed by atoms with van der Waals surface area (Å²) in [6.45, 7) is 3.94. The van der Waals surface area contributed by atoms with Gasteiger partial charge in [0.1, 0.15) is 0 Å². The molecule has 0 saturated carbocycles. The maximum atomic E-state index is 4.49. The number of nitrogens with zero attached hydrogens (tertiary/aromatic N) is 4. The molecule has 0 unspecified atom stereocenters. The summed E-state index contributed by atoms with van der Waals surface area (Å²) in [6.07, 6.45) is 3.54. The van der Waals surface area contributed by atoms with Crippen LogP contribution in [0.15, 0.2) is 73.1 Å². The monoisotopic (exact) mass is 362 g/mol. The third kappa shape index (κ3) is 4.11. The minimum absolute atomic E-state index is 0.839. The number of aromatic nitrogens is 4. The third-order valence-corrected chi connectivity index (χ3v) is 4.18. The lowest BCUT2D eigenvalue weighted by Gasteiger charge is -2.01. The van der Waals surface area contributed by atoms with Crippen LogP contribution < -0.4 is 0 Å². The van der Waals surface area contributed by atoms with Crippen LogP contribution in [0.4, 0.5) is 0 Å². The summed E-state index contributed by atoms with van der Waals surface area (Å²) in [6, 6.07) is 19.6. The SMILES string of the molecule is Cc1cccc(-c2ccc(C#Cc3ccc(-c4cccc(C)n4)nc3)cn2)n1. The van der Waals surface area contributed by atoms with E-state index in [-0.39, 0.29) is 0 Å². The van der Waals surface area contributed by atoms with Gasteiger partial charge in [-0.05, 0) is 62.4 Å². The Kier molecular flexibility index (Phi) is 4.90. The van der Waals surface area contributed by atoms with E-state index >= 15 is 0 Å². The van der Waals surface area contributed by atoms with Gasteiger partial charge in [-0.15, -0.1) is 0 Å². The Morgan fingerprint density at radius 3 is 1.36 bits per heavy atom. The molecule has 4 heterocycles. The molecule has 4 rings (SSSR count). The molecule has 28 heavy (non-hydrogen) atoms. The van der Waals surface area contributed by atoms with Crippen molar-refractivity contribution in [1.82, 2.24) is 19.9 Å². The molecule has 0 aliphatic rings. The fourth-order valence-electron chi connectivity index (χ4n) is 2.75. The van der Waals surface area contributed by atoms with Gasteiger partial charge in [-0.25, -0.2) is 0 Å². The maximum absolute atomic E-state index is 4.49. The number of hydrogen-bond acceptors (Lipinski definition) is 4. The first-order valence-electron chi connectivity index (χ1n) is 8.99. The van der Waals surface area contributed by atoms with Crippen LogP contribution in [0, 0.1) is 25.7 Å². The molecule has 0 aliphatic heterocycles. The van der Waals surface area contributed by atoms with Crippen LogP contribution >= 0.6 is 0 Å². The minimum atomic E-state index is 0.839. The quantitative estimate of drug-likeness (QED) is 0.488. The zero-order valence-corrected chi connectivity index (χ0v) is 15.7. The predicted molar refractivity (Wildman–Crippen MR) is 110 cm³/mol. The Labute approximate surface area is 164 Å². The molecule has 0 fully saturated rings. The molecule has 0 N–H and O–H groups in total. The van der Waals surface area contributed by atoms with Gasteiger partial charge < -0.3 is 0 Å². The lowest BCUT2D eigenvalue weighted by atomic mass is 10.2. The lowest BCUT2D eigenvalue weighted by Crippen LogP contribution is -1.90. The molecule has 0 atom stereocenters. The van der Waals surface area contributed by atoms with Crippen molar-refractivity contribution in [2.75, 3.05) is 0 Å². The Morgan fingerprint density at radius 1 is 0.536 bits per heavy atom. The van der Waals surface area contributed by atoms with Crippen molar-refractivity contribution < 1.29 is 0 Å². The highest BCUT2D eigenvalue weighted by Crippen LogP contribution is 2.16. The maximum Gasteiger partial charge on any atom is 0.0889 e. The molecule has 4 nitrogen and oxygen atoms in total. The number of rotatable bonds is 2. The second-order valence-corrected chi connectivity index (χ2v) is 6.44. The van der Waals surface area contributed by atoms with E-state index in [1.807, 2.05) is 74.5 Å². The van der Waals surface area contributed by atoms with Crippen LogP contribution in [0.5, 0.6) is 0 Å². The van der Waals surface area contributed by atoms with Crippen molar-refractivity contribution in [3.8, 4) is 34.6 Å². The molecule has 0 bridgehead atoms. The van der Waals surface area contributed by atoms with E-state index in [0.717, 1.165) is 45.3 Å². The summed E-state index contributed by atoms with van der Waals surface area (Å²) in [7, 11) is 0. The van der Waals surface area contributed by atoms with Gasteiger partial charge in [0.05, 0.1) is 22.8 Å². The minimum Gasteiger partial charge on any atom is -0.253 e. The van der Waals surface area contributed by atoms with Gasteiger partial charge in [0.15, 0.2) is 0 Å². The smallest absolute Gasteiger partial charge is 0.0889 e. The van der Waals surface area contributed by atoms with E-state index in [9.17, 15) is 0 Å². The molecule has 0 amide bonds. The van der Waals surface area contributed by atoms with Crippen molar-refractivity contribution in [3.63, 3.8) is 0 Å². The molecule has 0 saturated heterocycles. The molecule has 0 spiro atoms. The predicted octanol–water partition coefficient (Wildman–Crippen LogP) is 4.62. The molecule has 134 valence electrons. The van der Waals surface area contributed by atoms with Crippen molar-refractivity contribution in [2.24, 2.45) is 0 Å². The molecule has 0 aromatic carbocycles. The van der Waals surface area contributed by atoms with Crippen molar-refractivity contribution in [1.29, 1.82) is 0 Å². The highest BCUT2D eigenvalue weighted by atomic mass is 14.8. The van der Waals surface area contributed by atoms with Gasteiger partial charge in [-0.2, -0.15) is 0 Å². The van der Waals surface area contributed by atoms with Gasteiger partial charge in [-0.3, -0.25) is 19.9 Å². The summed E-state index contributed by atoms with van der Waals surface area (Å²) >= 11 is 0. The van der Waals surface area contributed by atoms with Gasteiger partial charge in [0.2, 0.25) is 0 Å². The van der Waals surface area contributed by atoms with Crippen LogP contribution in [0.2, 0.25) is 0 Å². The lowest BCUT2D eigenvalue weighted by molar-refractivity contribution is 1.17. The van der Waals surface area contributed by atoms with Crippen molar-refractivity contribution in [2.45, 2.75) is 13.8 Å².